The third kappa shape index (κ3) is 4.23. The van der Waals surface area contributed by atoms with Crippen LogP contribution in [0.2, 0.25) is 0 Å². The zero-order chi connectivity index (χ0) is 18.5. The molecular formula is C19H20N4O2S. The van der Waals surface area contributed by atoms with Crippen molar-refractivity contribution in [1.29, 1.82) is 0 Å². The number of amides is 2. The highest BCUT2D eigenvalue weighted by Crippen LogP contribution is 2.24. The van der Waals surface area contributed by atoms with Gasteiger partial charge in [0.05, 0.1) is 16.8 Å². The van der Waals surface area contributed by atoms with Crippen LogP contribution >= 0.6 is 11.8 Å². The molecule has 1 heterocycles. The topological polar surface area (TPSA) is 76.0 Å². The summed E-state index contributed by atoms with van der Waals surface area (Å²) in [6.07, 6.45) is 0. The van der Waals surface area contributed by atoms with Gasteiger partial charge in [0.2, 0.25) is 11.8 Å². The lowest BCUT2D eigenvalue weighted by atomic mass is 10.2. The van der Waals surface area contributed by atoms with Gasteiger partial charge in [-0.2, -0.15) is 0 Å². The highest BCUT2D eigenvalue weighted by molar-refractivity contribution is 7.99. The Morgan fingerprint density at radius 2 is 1.81 bits per heavy atom. The number of benzene rings is 2. The number of imidazole rings is 1. The molecule has 26 heavy (non-hydrogen) atoms. The van der Waals surface area contributed by atoms with Gasteiger partial charge >= 0.3 is 0 Å². The normalized spacial score (nSPS) is 10.7. The summed E-state index contributed by atoms with van der Waals surface area (Å²) < 4.78 is 2.10. The number of nitrogens with zero attached hydrogens (tertiary/aromatic N) is 2. The first-order chi connectivity index (χ1) is 12.6. The van der Waals surface area contributed by atoms with Crippen molar-refractivity contribution in [2.24, 2.45) is 0 Å². The van der Waals surface area contributed by atoms with Crippen molar-refractivity contribution >= 4 is 46.0 Å². The number of aryl methyl sites for hydroxylation is 1. The quantitative estimate of drug-likeness (QED) is 0.650. The lowest BCUT2D eigenvalue weighted by Crippen LogP contribution is -2.15. The fourth-order valence-electron chi connectivity index (χ4n) is 2.67. The minimum atomic E-state index is -0.150. The molecular weight excluding hydrogens is 348 g/mol. The molecule has 6 nitrogen and oxygen atoms in total. The molecule has 134 valence electrons. The van der Waals surface area contributed by atoms with E-state index in [-0.39, 0.29) is 17.6 Å². The molecule has 2 N–H and O–H groups in total. The monoisotopic (exact) mass is 368 g/mol. The number of nitrogens with one attached hydrogen (secondary N) is 2. The number of rotatable bonds is 6. The lowest BCUT2D eigenvalue weighted by Gasteiger charge is -2.08. The highest BCUT2D eigenvalue weighted by Gasteiger charge is 2.12. The first kappa shape index (κ1) is 18.0. The molecule has 7 heteroatoms. The van der Waals surface area contributed by atoms with E-state index in [1.807, 2.05) is 24.3 Å². The van der Waals surface area contributed by atoms with Crippen LogP contribution in [0.4, 0.5) is 11.4 Å². The van der Waals surface area contributed by atoms with Crippen LogP contribution in [0.5, 0.6) is 0 Å². The average molecular weight is 368 g/mol. The van der Waals surface area contributed by atoms with Gasteiger partial charge in [0.15, 0.2) is 5.16 Å². The van der Waals surface area contributed by atoms with Gasteiger partial charge in [0.1, 0.15) is 0 Å². The van der Waals surface area contributed by atoms with Crippen LogP contribution in [0, 0.1) is 0 Å². The van der Waals surface area contributed by atoms with E-state index < -0.39 is 0 Å². The predicted molar refractivity (Wildman–Crippen MR) is 106 cm³/mol. The second-order valence-electron chi connectivity index (χ2n) is 5.73. The predicted octanol–water partition coefficient (Wildman–Crippen LogP) is 3.75. The number of anilines is 2. The SMILES string of the molecule is CCn1c(SCC(=O)Nc2cccc(NC(C)=O)c2)nc2ccccc21. The summed E-state index contributed by atoms with van der Waals surface area (Å²) in [5, 5.41) is 6.38. The van der Waals surface area contributed by atoms with E-state index in [1.54, 1.807) is 24.3 Å². The Kier molecular flexibility index (Phi) is 5.58. The summed E-state index contributed by atoms with van der Waals surface area (Å²) in [6, 6.07) is 15.0. The van der Waals surface area contributed by atoms with E-state index in [2.05, 4.69) is 27.1 Å². The van der Waals surface area contributed by atoms with E-state index in [0.717, 1.165) is 22.7 Å². The number of thioether (sulfide) groups is 1. The van der Waals surface area contributed by atoms with Gasteiger partial charge in [-0.1, -0.05) is 30.0 Å². The molecule has 0 spiro atoms. The largest absolute Gasteiger partial charge is 0.326 e. The molecule has 0 atom stereocenters. The summed E-state index contributed by atoms with van der Waals surface area (Å²) in [4.78, 5) is 28.0. The molecule has 0 bridgehead atoms. The molecule has 0 aliphatic carbocycles. The second-order valence-corrected chi connectivity index (χ2v) is 6.67. The second kappa shape index (κ2) is 8.05. The van der Waals surface area contributed by atoms with Gasteiger partial charge in [-0.05, 0) is 37.3 Å². The number of fused-ring (bicyclic) bond motifs is 1. The Morgan fingerprint density at radius 1 is 1.08 bits per heavy atom. The van der Waals surface area contributed by atoms with Gasteiger partial charge in [0.25, 0.3) is 0 Å². The zero-order valence-electron chi connectivity index (χ0n) is 14.7. The summed E-state index contributed by atoms with van der Waals surface area (Å²) in [7, 11) is 0. The third-order valence-corrected chi connectivity index (χ3v) is 4.71. The zero-order valence-corrected chi connectivity index (χ0v) is 15.5. The Balaban J connectivity index is 1.65. The van der Waals surface area contributed by atoms with Crippen molar-refractivity contribution in [1.82, 2.24) is 9.55 Å². The van der Waals surface area contributed by atoms with Gasteiger partial charge in [-0.15, -0.1) is 0 Å². The van der Waals surface area contributed by atoms with Crippen LogP contribution < -0.4 is 10.6 Å². The fourth-order valence-corrected chi connectivity index (χ4v) is 3.55. The number of carbonyl (C=O) groups excluding carboxylic acids is 2. The summed E-state index contributed by atoms with van der Waals surface area (Å²) >= 11 is 1.41. The Bertz CT molecular complexity index is 952. The van der Waals surface area contributed by atoms with Gasteiger partial charge in [0, 0.05) is 24.8 Å². The molecule has 3 aromatic rings. The molecule has 0 saturated carbocycles. The molecule has 0 aliphatic rings. The van der Waals surface area contributed by atoms with E-state index in [9.17, 15) is 9.59 Å². The first-order valence-electron chi connectivity index (χ1n) is 8.32. The number of aromatic nitrogens is 2. The van der Waals surface area contributed by atoms with Crippen LogP contribution in [0.3, 0.4) is 0 Å². The molecule has 2 aromatic carbocycles. The van der Waals surface area contributed by atoms with Crippen LogP contribution in [-0.2, 0) is 16.1 Å². The summed E-state index contributed by atoms with van der Waals surface area (Å²) in [5.41, 5.74) is 3.29. The van der Waals surface area contributed by atoms with Crippen molar-refractivity contribution in [3.8, 4) is 0 Å². The Labute approximate surface area is 156 Å². The molecule has 0 aliphatic heterocycles. The van der Waals surface area contributed by atoms with Crippen LogP contribution in [0.25, 0.3) is 11.0 Å². The maximum atomic E-state index is 12.3. The highest BCUT2D eigenvalue weighted by atomic mass is 32.2. The molecule has 1 aromatic heterocycles. The maximum Gasteiger partial charge on any atom is 0.234 e. The van der Waals surface area contributed by atoms with Gasteiger partial charge in [-0.25, -0.2) is 4.98 Å². The fraction of sp³-hybridized carbons (Fsp3) is 0.211. The van der Waals surface area contributed by atoms with Crippen molar-refractivity contribution in [3.63, 3.8) is 0 Å². The molecule has 2 amide bonds. The number of hydrogen-bond acceptors (Lipinski definition) is 4. The van der Waals surface area contributed by atoms with E-state index in [0.29, 0.717) is 11.4 Å². The van der Waals surface area contributed by atoms with Gasteiger partial charge < -0.3 is 15.2 Å². The third-order valence-electron chi connectivity index (χ3n) is 3.73. The molecule has 0 unspecified atom stereocenters. The molecule has 0 fully saturated rings. The van der Waals surface area contributed by atoms with E-state index in [4.69, 9.17) is 0 Å². The number of carbonyl (C=O) groups is 2. The summed E-state index contributed by atoms with van der Waals surface area (Å²) in [5.74, 6) is -0.0135. The minimum Gasteiger partial charge on any atom is -0.326 e. The average Bonchev–Trinajstić information content (AvgIpc) is 2.97. The van der Waals surface area contributed by atoms with Crippen molar-refractivity contribution in [2.45, 2.75) is 25.5 Å². The number of para-hydroxylation sites is 2. The molecule has 0 saturated heterocycles. The van der Waals surface area contributed by atoms with Crippen LogP contribution in [0.1, 0.15) is 13.8 Å². The Morgan fingerprint density at radius 3 is 2.54 bits per heavy atom. The van der Waals surface area contributed by atoms with E-state index >= 15 is 0 Å². The lowest BCUT2D eigenvalue weighted by molar-refractivity contribution is -0.114. The van der Waals surface area contributed by atoms with E-state index in [1.165, 1.54) is 18.7 Å². The van der Waals surface area contributed by atoms with Crippen molar-refractivity contribution in [3.05, 3.63) is 48.5 Å². The van der Waals surface area contributed by atoms with Crippen molar-refractivity contribution < 1.29 is 9.59 Å². The molecule has 0 radical (unpaired) electrons. The maximum absolute atomic E-state index is 12.3. The smallest absolute Gasteiger partial charge is 0.234 e. The van der Waals surface area contributed by atoms with Crippen LogP contribution in [0.15, 0.2) is 53.7 Å². The minimum absolute atomic E-state index is 0.121. The van der Waals surface area contributed by atoms with Crippen LogP contribution in [-0.4, -0.2) is 27.1 Å². The first-order valence-corrected chi connectivity index (χ1v) is 9.31. The number of hydrogen-bond donors (Lipinski definition) is 2. The van der Waals surface area contributed by atoms with Crippen molar-refractivity contribution in [2.75, 3.05) is 16.4 Å². The standard InChI is InChI=1S/C19H20N4O2S/c1-3-23-17-10-5-4-9-16(17)22-19(23)26-12-18(25)21-15-8-6-7-14(11-15)20-13(2)24/h4-11H,3,12H2,1-2H3,(H,20,24)(H,21,25). The van der Waals surface area contributed by atoms with Gasteiger partial charge in [-0.3, -0.25) is 9.59 Å². The summed E-state index contributed by atoms with van der Waals surface area (Å²) in [6.45, 7) is 4.30. The Hall–Kier alpha value is -2.80. The molecule has 3 rings (SSSR count).